The van der Waals surface area contributed by atoms with Crippen LogP contribution in [0.25, 0.3) is 5.57 Å². The SMILES string of the molecule is C=CCN[C@H]1C[C@@H](C)O[C@@H](O[C@@H]2[C@H](C)C(=O)[C@](C)(F)C(=O)O[C@H](CC)[C@@]3(C)OC(=O)N(CCCCN4CC(c5ccccc5)=CN4)C3[C@@H](C)C(=O)[C@H](C)C[C@@]2(C)OC)[C@H]1O. The Labute approximate surface area is 354 Å². The average Bonchev–Trinajstić information content (AvgIpc) is 3.80. The number of fused-ring (bicyclic) bond motifs is 1. The summed E-state index contributed by atoms with van der Waals surface area (Å²) in [5.41, 5.74) is -0.600. The number of hydrogen-bond acceptors (Lipinski definition) is 13. The molecule has 0 saturated carbocycles. The Morgan fingerprint density at radius 3 is 2.38 bits per heavy atom. The van der Waals surface area contributed by atoms with Gasteiger partial charge >= 0.3 is 12.1 Å². The molecule has 13 atom stereocenters. The third kappa shape index (κ3) is 9.81. The summed E-state index contributed by atoms with van der Waals surface area (Å²) in [5.74, 6) is -5.78. The van der Waals surface area contributed by atoms with Gasteiger partial charge < -0.3 is 44.4 Å². The Kier molecular flexibility index (Phi) is 15.4. The zero-order chi connectivity index (χ0) is 44.2. The Balaban J connectivity index is 1.43. The van der Waals surface area contributed by atoms with Crippen molar-refractivity contribution < 1.29 is 52.4 Å². The van der Waals surface area contributed by atoms with Crippen molar-refractivity contribution in [2.24, 2.45) is 17.8 Å². The van der Waals surface area contributed by atoms with Crippen molar-refractivity contribution in [2.45, 2.75) is 147 Å². The number of esters is 1. The molecule has 4 aliphatic heterocycles. The van der Waals surface area contributed by atoms with Gasteiger partial charge in [0.15, 0.2) is 17.7 Å². The topological polar surface area (TPSA) is 165 Å². The van der Waals surface area contributed by atoms with E-state index >= 15 is 4.39 Å². The number of Topliss-reactive ketones (excluding diaryl/α,β-unsaturated/α-hetero) is 2. The van der Waals surface area contributed by atoms with E-state index in [0.717, 1.165) is 12.5 Å². The first-order valence-corrected chi connectivity index (χ1v) is 21.4. The normalized spacial score (nSPS) is 38.4. The van der Waals surface area contributed by atoms with Gasteiger partial charge in [0.05, 0.1) is 23.9 Å². The van der Waals surface area contributed by atoms with Gasteiger partial charge in [-0.15, -0.1) is 6.58 Å². The number of ketones is 2. The van der Waals surface area contributed by atoms with Crippen LogP contribution < -0.4 is 10.7 Å². The van der Waals surface area contributed by atoms with Gasteiger partial charge in [0.1, 0.15) is 18.0 Å². The van der Waals surface area contributed by atoms with E-state index < -0.39 is 89.2 Å². The molecule has 0 bridgehead atoms. The highest BCUT2D eigenvalue weighted by atomic mass is 19.1. The van der Waals surface area contributed by atoms with Gasteiger partial charge in [-0.3, -0.25) is 9.59 Å². The van der Waals surface area contributed by atoms with Crippen LogP contribution in [-0.2, 0) is 38.1 Å². The highest BCUT2D eigenvalue weighted by molar-refractivity contribution is 6.08. The third-order valence-electron chi connectivity index (χ3n) is 13.1. The lowest BCUT2D eigenvalue weighted by Gasteiger charge is -2.46. The predicted molar refractivity (Wildman–Crippen MR) is 223 cm³/mol. The van der Waals surface area contributed by atoms with Gasteiger partial charge in [0.25, 0.3) is 5.67 Å². The number of aliphatic hydroxyl groups is 1. The summed E-state index contributed by atoms with van der Waals surface area (Å²) in [5, 5.41) is 16.7. The molecule has 3 fully saturated rings. The van der Waals surface area contributed by atoms with Crippen LogP contribution in [0.2, 0.25) is 0 Å². The minimum absolute atomic E-state index is 0.00377. The van der Waals surface area contributed by atoms with E-state index in [4.69, 9.17) is 23.7 Å². The van der Waals surface area contributed by atoms with Gasteiger partial charge in [-0.1, -0.05) is 64.1 Å². The van der Waals surface area contributed by atoms with Crippen LogP contribution >= 0.6 is 0 Å². The molecule has 15 heteroatoms. The highest BCUT2D eigenvalue weighted by Gasteiger charge is 2.61. The lowest BCUT2D eigenvalue weighted by atomic mass is 9.73. The number of unbranched alkanes of at least 4 members (excludes halogenated alkanes) is 1. The molecular weight excluding hydrogens is 776 g/mol. The van der Waals surface area contributed by atoms with Gasteiger partial charge in [-0.25, -0.2) is 19.0 Å². The van der Waals surface area contributed by atoms with Crippen LogP contribution in [0.3, 0.4) is 0 Å². The first kappa shape index (κ1) is 47.3. The van der Waals surface area contributed by atoms with Crippen molar-refractivity contribution in [2.75, 3.05) is 33.3 Å². The molecule has 0 aromatic heterocycles. The summed E-state index contributed by atoms with van der Waals surface area (Å²) in [6.45, 7) is 18.3. The molecule has 60 heavy (non-hydrogen) atoms. The Morgan fingerprint density at radius 1 is 1.05 bits per heavy atom. The van der Waals surface area contributed by atoms with Crippen LogP contribution in [0.5, 0.6) is 0 Å². The van der Waals surface area contributed by atoms with Crippen molar-refractivity contribution in [3.63, 3.8) is 0 Å². The minimum atomic E-state index is -3.18. The second-order valence-electron chi connectivity index (χ2n) is 17.7. The number of amides is 1. The lowest BCUT2D eigenvalue weighted by molar-refractivity contribution is -0.290. The Bertz CT molecular complexity index is 1730. The fraction of sp³-hybridized carbons (Fsp3) is 0.689. The number of cyclic esters (lactones) is 1. The van der Waals surface area contributed by atoms with Gasteiger partial charge in [-0.05, 0) is 70.9 Å². The minimum Gasteiger partial charge on any atom is -0.455 e. The van der Waals surface area contributed by atoms with Crippen molar-refractivity contribution in [3.8, 4) is 0 Å². The Hall–Kier alpha value is -3.73. The van der Waals surface area contributed by atoms with Crippen LogP contribution in [-0.4, -0.2) is 132 Å². The number of hydrogen-bond donors (Lipinski definition) is 3. The number of methoxy groups -OCH3 is 1. The van der Waals surface area contributed by atoms with Crippen molar-refractivity contribution in [3.05, 3.63) is 54.8 Å². The second-order valence-corrected chi connectivity index (χ2v) is 17.7. The Morgan fingerprint density at radius 2 is 1.73 bits per heavy atom. The molecule has 3 saturated heterocycles. The fourth-order valence-electron chi connectivity index (χ4n) is 9.68. The van der Waals surface area contributed by atoms with Gasteiger partial charge in [0.2, 0.25) is 0 Å². The zero-order valence-corrected chi connectivity index (χ0v) is 36.8. The largest absolute Gasteiger partial charge is 0.455 e. The number of aliphatic hydroxyl groups excluding tert-OH is 1. The van der Waals surface area contributed by atoms with E-state index in [1.54, 1.807) is 40.7 Å². The molecular formula is C45H67FN4O10. The fourth-order valence-corrected chi connectivity index (χ4v) is 9.68. The van der Waals surface area contributed by atoms with E-state index in [1.807, 2.05) is 31.3 Å². The van der Waals surface area contributed by atoms with E-state index in [9.17, 15) is 24.3 Å². The van der Waals surface area contributed by atoms with Crippen LogP contribution in [0, 0.1) is 17.8 Å². The van der Waals surface area contributed by atoms with Gasteiger partial charge in [-0.2, -0.15) is 0 Å². The van der Waals surface area contributed by atoms with Crippen molar-refractivity contribution >= 4 is 29.2 Å². The number of halogens is 1. The summed E-state index contributed by atoms with van der Waals surface area (Å²) in [7, 11) is 1.40. The number of nitrogens with zero attached hydrogens (tertiary/aromatic N) is 2. The molecule has 1 aromatic rings. The number of carbonyl (C=O) groups is 4. The molecule has 3 N–H and O–H groups in total. The number of hydrazine groups is 1. The summed E-state index contributed by atoms with van der Waals surface area (Å²) >= 11 is 0. The average molecular weight is 843 g/mol. The summed E-state index contributed by atoms with van der Waals surface area (Å²) < 4.78 is 47.5. The molecule has 4 heterocycles. The van der Waals surface area contributed by atoms with Crippen molar-refractivity contribution in [1.82, 2.24) is 20.7 Å². The van der Waals surface area contributed by atoms with E-state index in [0.29, 0.717) is 38.9 Å². The summed E-state index contributed by atoms with van der Waals surface area (Å²) in [4.78, 5) is 58.3. The molecule has 0 radical (unpaired) electrons. The van der Waals surface area contributed by atoms with E-state index in [1.165, 1.54) is 24.5 Å². The molecule has 0 spiro atoms. The number of nitrogens with one attached hydrogen (secondary N) is 2. The summed E-state index contributed by atoms with van der Waals surface area (Å²) in [6.07, 6.45) is -0.596. The standard InChI is InChI=1S/C45H67FN4O10/c1-11-20-47-33-23-28(4)57-40(36(33)52)59-39-30(6)38(53)44(8,46)41(54)58-34(12-2)45(9)37(29(5)35(51)27(3)24-43(39,7)56-10)50(42(55)60-45)22-17-16-21-49-26-32(25-48-49)31-18-14-13-15-19-31/h11,13-15,18-19,25,27-30,33-34,36-37,39-40,47-48,52H,1,12,16-17,20-24,26H2,2-10H3/t27-,28-,29+,30-,33+,34-,36+,37?,39-,40+,43-,44+,45-/m1/s1. The molecule has 14 nitrogen and oxygen atoms in total. The molecule has 1 amide bonds. The smallest absolute Gasteiger partial charge is 0.410 e. The van der Waals surface area contributed by atoms with E-state index in [-0.39, 0.29) is 31.3 Å². The maximum absolute atomic E-state index is 16.9. The molecule has 5 rings (SSSR count). The molecule has 0 aliphatic carbocycles. The molecule has 1 unspecified atom stereocenters. The monoisotopic (exact) mass is 842 g/mol. The summed E-state index contributed by atoms with van der Waals surface area (Å²) in [6, 6.07) is 8.74. The maximum Gasteiger partial charge on any atom is 0.410 e. The molecule has 334 valence electrons. The van der Waals surface area contributed by atoms with E-state index in [2.05, 4.69) is 34.5 Å². The first-order valence-electron chi connectivity index (χ1n) is 21.4. The van der Waals surface area contributed by atoms with Crippen LogP contribution in [0.4, 0.5) is 9.18 Å². The number of rotatable bonds is 13. The zero-order valence-electron chi connectivity index (χ0n) is 36.8. The van der Waals surface area contributed by atoms with Crippen molar-refractivity contribution in [1.29, 1.82) is 0 Å². The van der Waals surface area contributed by atoms with Crippen LogP contribution in [0.15, 0.2) is 49.2 Å². The lowest BCUT2D eigenvalue weighted by Crippen LogP contribution is -2.62. The molecule has 1 aromatic carbocycles. The quantitative estimate of drug-likeness (QED) is 0.104. The highest BCUT2D eigenvalue weighted by Crippen LogP contribution is 2.43. The number of alkyl halides is 1. The maximum atomic E-state index is 16.9. The number of carbonyl (C=O) groups excluding carboxylic acids is 4. The van der Waals surface area contributed by atoms with Gasteiger partial charge in [0, 0.05) is 63.3 Å². The first-order chi connectivity index (χ1) is 28.3. The number of ether oxygens (including phenoxy) is 5. The predicted octanol–water partition coefficient (Wildman–Crippen LogP) is 5.14. The van der Waals surface area contributed by atoms with Crippen LogP contribution in [0.1, 0.15) is 93.1 Å². The second kappa shape index (κ2) is 19.5. The third-order valence-corrected chi connectivity index (χ3v) is 13.1. The number of benzene rings is 1. The molecule has 4 aliphatic rings.